The van der Waals surface area contributed by atoms with Crippen molar-refractivity contribution in [2.45, 2.75) is 33.1 Å². The molecule has 2 N–H and O–H groups in total. The van der Waals surface area contributed by atoms with Gasteiger partial charge in [-0.3, -0.25) is 4.79 Å². The monoisotopic (exact) mass is 224 g/mol. The van der Waals surface area contributed by atoms with E-state index in [1.54, 1.807) is 0 Å². The second kappa shape index (κ2) is 5.17. The Hall–Kier alpha value is -0.570. The van der Waals surface area contributed by atoms with E-state index >= 15 is 0 Å². The van der Waals surface area contributed by atoms with Crippen LogP contribution < -0.4 is 10.6 Å². The highest BCUT2D eigenvalue weighted by molar-refractivity contribution is 5.79. The van der Waals surface area contributed by atoms with E-state index in [1.807, 2.05) is 0 Å². The zero-order valence-corrected chi connectivity index (χ0v) is 10.5. The number of nitrogens with one attached hydrogen (secondary N) is 2. The highest BCUT2D eigenvalue weighted by Gasteiger charge is 2.30. The Morgan fingerprint density at radius 3 is 2.69 bits per heavy atom. The number of carbonyl (C=O) groups excluding carboxylic acids is 1. The first-order chi connectivity index (χ1) is 7.66. The lowest BCUT2D eigenvalue weighted by Crippen LogP contribution is -2.36. The van der Waals surface area contributed by atoms with Crippen molar-refractivity contribution in [1.29, 1.82) is 0 Å². The molecule has 0 spiro atoms. The van der Waals surface area contributed by atoms with Crippen molar-refractivity contribution in [3.63, 3.8) is 0 Å². The normalized spacial score (nSPS) is 38.9. The zero-order chi connectivity index (χ0) is 11.5. The van der Waals surface area contributed by atoms with Crippen LogP contribution in [0, 0.1) is 23.7 Å². The van der Waals surface area contributed by atoms with Gasteiger partial charge < -0.3 is 10.6 Å². The van der Waals surface area contributed by atoms with E-state index in [-0.39, 0.29) is 11.8 Å². The second-order valence-electron chi connectivity index (χ2n) is 5.77. The molecule has 92 valence electrons. The number of carbonyl (C=O) groups is 1. The second-order valence-corrected chi connectivity index (χ2v) is 5.77. The van der Waals surface area contributed by atoms with Crippen LogP contribution in [0.2, 0.25) is 0 Å². The van der Waals surface area contributed by atoms with Crippen LogP contribution in [0.15, 0.2) is 0 Å². The topological polar surface area (TPSA) is 41.1 Å². The van der Waals surface area contributed by atoms with Gasteiger partial charge in [-0.1, -0.05) is 20.3 Å². The summed E-state index contributed by atoms with van der Waals surface area (Å²) in [6.07, 6.45) is 3.92. The fraction of sp³-hybridized carbons (Fsp3) is 0.923. The van der Waals surface area contributed by atoms with Gasteiger partial charge in [-0.15, -0.1) is 0 Å². The predicted octanol–water partition coefficient (Wildman–Crippen LogP) is 1.39. The average molecular weight is 224 g/mol. The maximum atomic E-state index is 11.9. The molecule has 3 heteroatoms. The lowest BCUT2D eigenvalue weighted by atomic mass is 9.97. The summed E-state index contributed by atoms with van der Waals surface area (Å²) in [6, 6.07) is 0. The van der Waals surface area contributed by atoms with E-state index in [1.165, 1.54) is 19.3 Å². The molecular formula is C13H24N2O. The fourth-order valence-electron chi connectivity index (χ4n) is 3.05. The molecule has 0 bridgehead atoms. The maximum absolute atomic E-state index is 11.9. The molecule has 3 nitrogen and oxygen atoms in total. The van der Waals surface area contributed by atoms with E-state index in [9.17, 15) is 4.79 Å². The van der Waals surface area contributed by atoms with Gasteiger partial charge in [0.1, 0.15) is 0 Å². The van der Waals surface area contributed by atoms with Gasteiger partial charge in [-0.05, 0) is 37.1 Å². The summed E-state index contributed by atoms with van der Waals surface area (Å²) in [4.78, 5) is 11.9. The number of amides is 1. The highest BCUT2D eigenvalue weighted by Crippen LogP contribution is 2.29. The Bertz CT molecular complexity index is 254. The largest absolute Gasteiger partial charge is 0.356 e. The molecule has 0 radical (unpaired) electrons. The molecule has 4 atom stereocenters. The molecule has 16 heavy (non-hydrogen) atoms. The summed E-state index contributed by atoms with van der Waals surface area (Å²) in [5.41, 5.74) is 0. The smallest absolute Gasteiger partial charge is 0.224 e. The standard InChI is InChI=1S/C13H24N2O/c1-9-3-4-11(5-9)7-15-13(16)12-8-14-6-10(12)2/h9-12,14H,3-8H2,1-2H3,(H,15,16)/t9?,10-,11?,12-/m1/s1. The first kappa shape index (κ1) is 11.9. The van der Waals surface area contributed by atoms with Gasteiger partial charge in [0.15, 0.2) is 0 Å². The molecule has 2 aliphatic rings. The summed E-state index contributed by atoms with van der Waals surface area (Å²) < 4.78 is 0. The minimum absolute atomic E-state index is 0.193. The molecule has 1 amide bonds. The molecule has 0 aromatic rings. The lowest BCUT2D eigenvalue weighted by molar-refractivity contribution is -0.125. The van der Waals surface area contributed by atoms with Gasteiger partial charge in [0.05, 0.1) is 5.92 Å². The van der Waals surface area contributed by atoms with Crippen LogP contribution in [0.5, 0.6) is 0 Å². The minimum atomic E-state index is 0.193. The summed E-state index contributed by atoms with van der Waals surface area (Å²) in [7, 11) is 0. The minimum Gasteiger partial charge on any atom is -0.356 e. The fourth-order valence-corrected chi connectivity index (χ4v) is 3.05. The van der Waals surface area contributed by atoms with E-state index < -0.39 is 0 Å². The van der Waals surface area contributed by atoms with E-state index in [0.29, 0.717) is 5.92 Å². The van der Waals surface area contributed by atoms with Gasteiger partial charge in [0, 0.05) is 13.1 Å². The molecule has 2 unspecified atom stereocenters. The molecule has 1 saturated heterocycles. The molecule has 1 aliphatic heterocycles. The van der Waals surface area contributed by atoms with Crippen LogP contribution in [-0.4, -0.2) is 25.5 Å². The quantitative estimate of drug-likeness (QED) is 0.760. The Morgan fingerprint density at radius 1 is 1.31 bits per heavy atom. The van der Waals surface area contributed by atoms with E-state index in [0.717, 1.165) is 31.5 Å². The lowest BCUT2D eigenvalue weighted by Gasteiger charge is -2.16. The molecule has 1 heterocycles. The predicted molar refractivity (Wildman–Crippen MR) is 65.0 cm³/mol. The van der Waals surface area contributed by atoms with Gasteiger partial charge in [-0.2, -0.15) is 0 Å². The first-order valence-corrected chi connectivity index (χ1v) is 6.65. The van der Waals surface area contributed by atoms with Crippen molar-refractivity contribution in [3.05, 3.63) is 0 Å². The molecule has 0 aromatic heterocycles. The Balaban J connectivity index is 1.71. The van der Waals surface area contributed by atoms with Crippen molar-refractivity contribution >= 4 is 5.91 Å². The molecule has 1 saturated carbocycles. The van der Waals surface area contributed by atoms with E-state index in [4.69, 9.17) is 0 Å². The Morgan fingerprint density at radius 2 is 2.12 bits per heavy atom. The van der Waals surface area contributed by atoms with Crippen LogP contribution in [0.3, 0.4) is 0 Å². The van der Waals surface area contributed by atoms with Gasteiger partial charge in [0.2, 0.25) is 5.91 Å². The first-order valence-electron chi connectivity index (χ1n) is 6.65. The van der Waals surface area contributed by atoms with Crippen molar-refractivity contribution in [3.8, 4) is 0 Å². The zero-order valence-electron chi connectivity index (χ0n) is 10.5. The van der Waals surface area contributed by atoms with Crippen LogP contribution in [0.1, 0.15) is 33.1 Å². The SMILES string of the molecule is CC1CCC(CNC(=O)[C@@H]2CNC[C@H]2C)C1. The number of hydrogen-bond donors (Lipinski definition) is 2. The third kappa shape index (κ3) is 2.76. The average Bonchev–Trinajstić information content (AvgIpc) is 2.84. The third-order valence-electron chi connectivity index (χ3n) is 4.22. The highest BCUT2D eigenvalue weighted by atomic mass is 16.1. The number of rotatable bonds is 3. The van der Waals surface area contributed by atoms with Crippen LogP contribution in [0.25, 0.3) is 0 Å². The Kier molecular flexibility index (Phi) is 3.85. The summed E-state index contributed by atoms with van der Waals surface area (Å²) in [5, 5.41) is 6.42. The molecule has 0 aromatic carbocycles. The van der Waals surface area contributed by atoms with Crippen LogP contribution >= 0.6 is 0 Å². The summed E-state index contributed by atoms with van der Waals surface area (Å²) >= 11 is 0. The van der Waals surface area contributed by atoms with Gasteiger partial charge in [0.25, 0.3) is 0 Å². The third-order valence-corrected chi connectivity index (χ3v) is 4.22. The molecule has 1 aliphatic carbocycles. The van der Waals surface area contributed by atoms with Gasteiger partial charge in [-0.25, -0.2) is 0 Å². The van der Waals surface area contributed by atoms with Crippen molar-refractivity contribution in [2.75, 3.05) is 19.6 Å². The van der Waals surface area contributed by atoms with Crippen LogP contribution in [-0.2, 0) is 4.79 Å². The Labute approximate surface area is 98.4 Å². The van der Waals surface area contributed by atoms with Crippen LogP contribution in [0.4, 0.5) is 0 Å². The van der Waals surface area contributed by atoms with Crippen molar-refractivity contribution < 1.29 is 4.79 Å². The maximum Gasteiger partial charge on any atom is 0.224 e. The van der Waals surface area contributed by atoms with Crippen molar-refractivity contribution in [1.82, 2.24) is 10.6 Å². The molecular weight excluding hydrogens is 200 g/mol. The van der Waals surface area contributed by atoms with Gasteiger partial charge >= 0.3 is 0 Å². The van der Waals surface area contributed by atoms with E-state index in [2.05, 4.69) is 24.5 Å². The van der Waals surface area contributed by atoms with Crippen molar-refractivity contribution in [2.24, 2.45) is 23.7 Å². The number of hydrogen-bond acceptors (Lipinski definition) is 2. The molecule has 2 fully saturated rings. The summed E-state index contributed by atoms with van der Waals surface area (Å²) in [6.45, 7) is 7.20. The summed E-state index contributed by atoms with van der Waals surface area (Å²) in [5.74, 6) is 2.52. The molecule has 2 rings (SSSR count).